The maximum atomic E-state index is 13.0. The molecule has 0 aliphatic rings. The van der Waals surface area contributed by atoms with Crippen LogP contribution in [0.4, 0.5) is 13.2 Å². The Morgan fingerprint density at radius 3 is 2.35 bits per heavy atom. The second kappa shape index (κ2) is 5.46. The summed E-state index contributed by atoms with van der Waals surface area (Å²) in [5.74, 6) is 0. The topological polar surface area (TPSA) is 20.2 Å². The summed E-state index contributed by atoms with van der Waals surface area (Å²) < 4.78 is 38.9. The molecule has 0 spiro atoms. The molecule has 1 N–H and O–H groups in total. The Labute approximate surface area is 119 Å². The Bertz CT molecular complexity index is 623. The van der Waals surface area contributed by atoms with Crippen molar-refractivity contribution in [2.75, 3.05) is 0 Å². The largest absolute Gasteiger partial charge is 0.416 e. The van der Waals surface area contributed by atoms with Gasteiger partial charge in [0.15, 0.2) is 0 Å². The van der Waals surface area contributed by atoms with Gasteiger partial charge >= 0.3 is 6.18 Å². The highest BCUT2D eigenvalue weighted by Crippen LogP contribution is 2.37. The van der Waals surface area contributed by atoms with Crippen LogP contribution in [0.1, 0.15) is 28.4 Å². The van der Waals surface area contributed by atoms with Gasteiger partial charge in [-0.25, -0.2) is 0 Å². The predicted octanol–water partition coefficient (Wildman–Crippen LogP) is 4.75. The van der Waals surface area contributed by atoms with Crippen molar-refractivity contribution in [3.05, 3.63) is 69.7 Å². The molecule has 1 unspecified atom stereocenters. The molecule has 1 nitrogen and oxygen atoms in total. The quantitative estimate of drug-likeness (QED) is 0.848. The molecule has 0 radical (unpaired) electrons. The highest BCUT2D eigenvalue weighted by Gasteiger charge is 2.35. The van der Waals surface area contributed by atoms with Crippen molar-refractivity contribution in [1.82, 2.24) is 0 Å². The van der Waals surface area contributed by atoms with Crippen molar-refractivity contribution in [3.8, 4) is 0 Å². The molecule has 2 aromatic rings. The average molecular weight is 301 g/mol. The van der Waals surface area contributed by atoms with Gasteiger partial charge < -0.3 is 5.11 Å². The Morgan fingerprint density at radius 1 is 1.05 bits per heavy atom. The molecule has 0 aromatic heterocycles. The van der Waals surface area contributed by atoms with Gasteiger partial charge in [-0.3, -0.25) is 0 Å². The summed E-state index contributed by atoms with van der Waals surface area (Å²) in [7, 11) is 0. The predicted molar refractivity (Wildman–Crippen MR) is 71.7 cm³/mol. The van der Waals surface area contributed by atoms with Crippen LogP contribution in [0.15, 0.2) is 42.5 Å². The molecule has 0 fully saturated rings. The normalized spacial score (nSPS) is 13.3. The van der Waals surface area contributed by atoms with E-state index in [-0.39, 0.29) is 5.56 Å². The van der Waals surface area contributed by atoms with Crippen LogP contribution >= 0.6 is 11.6 Å². The smallest absolute Gasteiger partial charge is 0.384 e. The summed E-state index contributed by atoms with van der Waals surface area (Å²) in [5, 5.41) is 10.7. The van der Waals surface area contributed by atoms with Gasteiger partial charge in [-0.15, -0.1) is 0 Å². The van der Waals surface area contributed by atoms with Crippen LogP contribution in [-0.4, -0.2) is 5.11 Å². The number of rotatable bonds is 2. The van der Waals surface area contributed by atoms with Crippen LogP contribution < -0.4 is 0 Å². The van der Waals surface area contributed by atoms with Gasteiger partial charge in [-0.2, -0.15) is 13.2 Å². The lowest BCUT2D eigenvalue weighted by atomic mass is 9.94. The fourth-order valence-electron chi connectivity index (χ4n) is 2.07. The molecule has 0 bridgehead atoms. The summed E-state index contributed by atoms with van der Waals surface area (Å²) in [6.07, 6.45) is -5.88. The summed E-state index contributed by atoms with van der Waals surface area (Å²) in [4.78, 5) is 0. The van der Waals surface area contributed by atoms with Crippen LogP contribution in [0.2, 0.25) is 5.02 Å². The first kappa shape index (κ1) is 14.9. The third kappa shape index (κ3) is 2.97. The lowest BCUT2D eigenvalue weighted by molar-refractivity contribution is -0.139. The zero-order chi connectivity index (χ0) is 14.9. The van der Waals surface area contributed by atoms with Crippen LogP contribution in [0.3, 0.4) is 0 Å². The standard InChI is InChI=1S/C15H12ClF3O/c1-9-6-7-10(16)8-12(9)14(20)11-4-2-3-5-13(11)15(17,18)19/h2-8,14,20H,1H3. The van der Waals surface area contributed by atoms with Gasteiger partial charge in [0.05, 0.1) is 5.56 Å². The number of aliphatic hydroxyl groups is 1. The Balaban J connectivity index is 2.54. The van der Waals surface area contributed by atoms with Crippen molar-refractivity contribution < 1.29 is 18.3 Å². The molecular formula is C15H12ClF3O. The minimum atomic E-state index is -4.51. The Hall–Kier alpha value is -1.52. The van der Waals surface area contributed by atoms with Gasteiger partial charge in [0.2, 0.25) is 0 Å². The Kier molecular flexibility index (Phi) is 4.06. The molecule has 106 valence electrons. The van der Waals surface area contributed by atoms with Crippen molar-refractivity contribution in [2.45, 2.75) is 19.2 Å². The number of aliphatic hydroxyl groups excluding tert-OH is 1. The molecule has 0 heterocycles. The van der Waals surface area contributed by atoms with Crippen molar-refractivity contribution in [2.24, 2.45) is 0 Å². The lowest BCUT2D eigenvalue weighted by Gasteiger charge is -2.19. The van der Waals surface area contributed by atoms with E-state index in [9.17, 15) is 18.3 Å². The molecule has 0 amide bonds. The summed E-state index contributed by atoms with van der Waals surface area (Å²) in [6, 6.07) is 9.76. The Morgan fingerprint density at radius 2 is 1.70 bits per heavy atom. The number of aryl methyl sites for hydroxylation is 1. The van der Waals surface area contributed by atoms with E-state index in [2.05, 4.69) is 0 Å². The number of hydrogen-bond donors (Lipinski definition) is 1. The molecule has 1 atom stereocenters. The van der Waals surface area contributed by atoms with Crippen LogP contribution in [0, 0.1) is 6.92 Å². The first-order chi connectivity index (χ1) is 9.30. The van der Waals surface area contributed by atoms with Crippen LogP contribution in [0.25, 0.3) is 0 Å². The van der Waals surface area contributed by atoms with Gasteiger partial charge in [-0.1, -0.05) is 35.9 Å². The van der Waals surface area contributed by atoms with E-state index in [1.165, 1.54) is 24.3 Å². The van der Waals surface area contributed by atoms with E-state index in [1.54, 1.807) is 19.1 Å². The highest BCUT2D eigenvalue weighted by molar-refractivity contribution is 6.30. The molecule has 2 rings (SSSR count). The van der Waals surface area contributed by atoms with E-state index in [1.807, 2.05) is 0 Å². The summed E-state index contributed by atoms with van der Waals surface area (Å²) in [5.41, 5.74) is 0.0327. The maximum Gasteiger partial charge on any atom is 0.416 e. The number of benzene rings is 2. The number of hydrogen-bond acceptors (Lipinski definition) is 1. The van der Waals surface area contributed by atoms with Gasteiger partial charge in [-0.05, 0) is 41.8 Å². The van der Waals surface area contributed by atoms with Crippen LogP contribution in [0.5, 0.6) is 0 Å². The van der Waals surface area contributed by atoms with E-state index in [0.717, 1.165) is 6.07 Å². The van der Waals surface area contributed by atoms with Gasteiger partial charge in [0.25, 0.3) is 0 Å². The number of halogens is 4. The fourth-order valence-corrected chi connectivity index (χ4v) is 2.25. The first-order valence-corrected chi connectivity index (χ1v) is 6.28. The van der Waals surface area contributed by atoms with Crippen molar-refractivity contribution in [3.63, 3.8) is 0 Å². The lowest BCUT2D eigenvalue weighted by Crippen LogP contribution is -2.13. The molecule has 0 saturated carbocycles. The molecule has 5 heteroatoms. The fraction of sp³-hybridized carbons (Fsp3) is 0.200. The second-order valence-corrected chi connectivity index (χ2v) is 4.92. The number of alkyl halides is 3. The molecule has 0 aliphatic heterocycles. The van der Waals surface area contributed by atoms with Crippen molar-refractivity contribution >= 4 is 11.6 Å². The summed E-state index contributed by atoms with van der Waals surface area (Å²) >= 11 is 5.84. The minimum absolute atomic E-state index is 0.176. The van der Waals surface area contributed by atoms with Crippen molar-refractivity contribution in [1.29, 1.82) is 0 Å². The molecule has 20 heavy (non-hydrogen) atoms. The molecule has 0 aliphatic carbocycles. The SMILES string of the molecule is Cc1ccc(Cl)cc1C(O)c1ccccc1C(F)(F)F. The average Bonchev–Trinajstić information content (AvgIpc) is 2.40. The van der Waals surface area contributed by atoms with Gasteiger partial charge in [0.1, 0.15) is 6.10 Å². The third-order valence-electron chi connectivity index (χ3n) is 3.10. The monoisotopic (exact) mass is 300 g/mol. The van der Waals surface area contributed by atoms with Gasteiger partial charge in [0, 0.05) is 5.02 Å². The summed E-state index contributed by atoms with van der Waals surface area (Å²) in [6.45, 7) is 1.71. The second-order valence-electron chi connectivity index (χ2n) is 4.49. The van der Waals surface area contributed by atoms with Crippen LogP contribution in [-0.2, 0) is 6.18 Å². The minimum Gasteiger partial charge on any atom is -0.384 e. The molecule has 2 aromatic carbocycles. The first-order valence-electron chi connectivity index (χ1n) is 5.91. The maximum absolute atomic E-state index is 13.0. The molecular weight excluding hydrogens is 289 g/mol. The molecule has 0 saturated heterocycles. The van der Waals surface area contributed by atoms with E-state index in [0.29, 0.717) is 16.1 Å². The third-order valence-corrected chi connectivity index (χ3v) is 3.33. The van der Waals surface area contributed by atoms with E-state index in [4.69, 9.17) is 11.6 Å². The zero-order valence-electron chi connectivity index (χ0n) is 10.6. The zero-order valence-corrected chi connectivity index (χ0v) is 11.3. The van der Waals surface area contributed by atoms with E-state index < -0.39 is 17.8 Å². The highest BCUT2D eigenvalue weighted by atomic mass is 35.5. The van der Waals surface area contributed by atoms with E-state index >= 15 is 0 Å².